The van der Waals surface area contributed by atoms with Crippen LogP contribution in [0.4, 0.5) is 0 Å². The first-order valence-electron chi connectivity index (χ1n) is 6.53. The molecule has 1 fully saturated rings. The average molecular weight is 260 g/mol. The van der Waals surface area contributed by atoms with Crippen LogP contribution in [0.3, 0.4) is 0 Å². The van der Waals surface area contributed by atoms with E-state index in [0.717, 1.165) is 18.2 Å². The van der Waals surface area contributed by atoms with Gasteiger partial charge in [0, 0.05) is 18.5 Å². The van der Waals surface area contributed by atoms with E-state index in [1.807, 2.05) is 24.3 Å². The number of rotatable bonds is 2. The zero-order valence-corrected chi connectivity index (χ0v) is 10.6. The van der Waals surface area contributed by atoms with E-state index < -0.39 is 6.10 Å². The monoisotopic (exact) mass is 260 g/mol. The number of fused-ring (bicyclic) bond motifs is 1. The normalized spacial score (nSPS) is 19.8. The predicted octanol–water partition coefficient (Wildman–Crippen LogP) is 1.35. The molecule has 0 spiro atoms. The summed E-state index contributed by atoms with van der Waals surface area (Å²) in [6, 6.07) is 7.51. The molecule has 5 nitrogen and oxygen atoms in total. The number of aliphatic hydroxyl groups excluding tert-OH is 1. The minimum absolute atomic E-state index is 0.00203. The zero-order chi connectivity index (χ0) is 13.2. The van der Waals surface area contributed by atoms with Gasteiger partial charge in [-0.15, -0.1) is 0 Å². The number of aliphatic hydroxyl groups is 1. The third kappa shape index (κ3) is 2.46. The van der Waals surface area contributed by atoms with Gasteiger partial charge in [-0.05, 0) is 25.0 Å². The second-order valence-electron chi connectivity index (χ2n) is 4.94. The van der Waals surface area contributed by atoms with Gasteiger partial charge in [-0.1, -0.05) is 17.3 Å². The highest BCUT2D eigenvalue weighted by Gasteiger charge is 2.23. The molecule has 1 aliphatic rings. The number of likely N-dealkylation sites (tertiary alicyclic amines) is 1. The molecule has 1 amide bonds. The Kier molecular flexibility index (Phi) is 3.21. The van der Waals surface area contributed by atoms with E-state index in [1.165, 1.54) is 0 Å². The lowest BCUT2D eigenvalue weighted by Crippen LogP contribution is -2.42. The zero-order valence-electron chi connectivity index (χ0n) is 10.6. The number of piperidine rings is 1. The van der Waals surface area contributed by atoms with Gasteiger partial charge in [-0.2, -0.15) is 0 Å². The van der Waals surface area contributed by atoms with Crippen LogP contribution in [0.5, 0.6) is 0 Å². The summed E-state index contributed by atoms with van der Waals surface area (Å²) in [5.41, 5.74) is 1.37. The van der Waals surface area contributed by atoms with Gasteiger partial charge in [0.2, 0.25) is 5.91 Å². The first-order valence-corrected chi connectivity index (χ1v) is 6.53. The number of nitrogens with zero attached hydrogens (tertiary/aromatic N) is 2. The highest BCUT2D eigenvalue weighted by Crippen LogP contribution is 2.19. The molecule has 1 aromatic carbocycles. The van der Waals surface area contributed by atoms with Crippen LogP contribution in [-0.4, -0.2) is 40.3 Å². The Balaban J connectivity index is 1.75. The predicted molar refractivity (Wildman–Crippen MR) is 69.5 cm³/mol. The summed E-state index contributed by atoms with van der Waals surface area (Å²) in [4.78, 5) is 13.9. The number of hydrogen-bond donors (Lipinski definition) is 1. The van der Waals surface area contributed by atoms with Crippen LogP contribution in [0, 0.1) is 0 Å². The fraction of sp³-hybridized carbons (Fsp3) is 0.429. The molecule has 19 heavy (non-hydrogen) atoms. The molecule has 2 heterocycles. The molecule has 1 saturated heterocycles. The average Bonchev–Trinajstić information content (AvgIpc) is 2.82. The number of aromatic nitrogens is 1. The minimum Gasteiger partial charge on any atom is -0.391 e. The maximum atomic E-state index is 12.2. The standard InChI is InChI=1S/C14H16N2O3/c17-10-4-3-7-16(9-10)14(18)8-12-11-5-1-2-6-13(11)19-15-12/h1-2,5-6,10,17H,3-4,7-9H2. The van der Waals surface area contributed by atoms with Crippen molar-refractivity contribution in [3.05, 3.63) is 30.0 Å². The SMILES string of the molecule is O=C(Cc1noc2ccccc12)N1CCCC(O)C1. The van der Waals surface area contributed by atoms with Crippen molar-refractivity contribution in [3.8, 4) is 0 Å². The second-order valence-corrected chi connectivity index (χ2v) is 4.94. The number of carbonyl (C=O) groups is 1. The van der Waals surface area contributed by atoms with Gasteiger partial charge in [-0.3, -0.25) is 4.79 Å². The van der Waals surface area contributed by atoms with Crippen molar-refractivity contribution in [2.45, 2.75) is 25.4 Å². The number of benzene rings is 1. The quantitative estimate of drug-likeness (QED) is 0.885. The van der Waals surface area contributed by atoms with Gasteiger partial charge in [0.25, 0.3) is 0 Å². The van der Waals surface area contributed by atoms with Crippen LogP contribution in [-0.2, 0) is 11.2 Å². The summed E-state index contributed by atoms with van der Waals surface area (Å²) in [6.07, 6.45) is 1.46. The maximum Gasteiger partial charge on any atom is 0.228 e. The molecule has 0 aliphatic carbocycles. The van der Waals surface area contributed by atoms with E-state index in [1.54, 1.807) is 4.90 Å². The number of para-hydroxylation sites is 1. The van der Waals surface area contributed by atoms with Crippen molar-refractivity contribution >= 4 is 16.9 Å². The van der Waals surface area contributed by atoms with Crippen molar-refractivity contribution in [1.82, 2.24) is 10.1 Å². The highest BCUT2D eigenvalue weighted by atomic mass is 16.5. The van der Waals surface area contributed by atoms with Gasteiger partial charge in [0.1, 0.15) is 5.69 Å². The van der Waals surface area contributed by atoms with Gasteiger partial charge in [0.05, 0.1) is 12.5 Å². The number of hydrogen-bond acceptors (Lipinski definition) is 4. The molecule has 0 bridgehead atoms. The summed E-state index contributed by atoms with van der Waals surface area (Å²) >= 11 is 0. The Bertz CT molecular complexity index is 593. The third-order valence-corrected chi connectivity index (χ3v) is 3.52. The van der Waals surface area contributed by atoms with Crippen LogP contribution in [0.1, 0.15) is 18.5 Å². The molecule has 1 aliphatic heterocycles. The van der Waals surface area contributed by atoms with Crippen molar-refractivity contribution in [3.63, 3.8) is 0 Å². The summed E-state index contributed by atoms with van der Waals surface area (Å²) in [6.45, 7) is 1.14. The van der Waals surface area contributed by atoms with E-state index in [-0.39, 0.29) is 12.3 Å². The van der Waals surface area contributed by atoms with Crippen LogP contribution in [0.15, 0.2) is 28.8 Å². The van der Waals surface area contributed by atoms with E-state index in [4.69, 9.17) is 4.52 Å². The molecular weight excluding hydrogens is 244 g/mol. The first-order chi connectivity index (χ1) is 9.24. The number of β-amino-alcohol motifs (C(OH)–C–C–N with tert-alkyl or cyclic N) is 1. The number of carbonyl (C=O) groups excluding carboxylic acids is 1. The summed E-state index contributed by atoms with van der Waals surface area (Å²) in [5, 5.41) is 14.4. The molecule has 1 N–H and O–H groups in total. The lowest BCUT2D eigenvalue weighted by Gasteiger charge is -2.29. The Labute approximate surface area is 110 Å². The fourth-order valence-electron chi connectivity index (χ4n) is 2.50. The Morgan fingerprint density at radius 2 is 2.32 bits per heavy atom. The Hall–Kier alpha value is -1.88. The van der Waals surface area contributed by atoms with E-state index in [9.17, 15) is 9.90 Å². The summed E-state index contributed by atoms with van der Waals surface area (Å²) < 4.78 is 5.19. The first kappa shape index (κ1) is 12.2. The lowest BCUT2D eigenvalue weighted by molar-refractivity contribution is -0.133. The molecule has 5 heteroatoms. The molecule has 100 valence electrons. The van der Waals surface area contributed by atoms with Gasteiger partial charge < -0.3 is 14.5 Å². The van der Waals surface area contributed by atoms with E-state index in [0.29, 0.717) is 24.4 Å². The van der Waals surface area contributed by atoms with Gasteiger partial charge in [-0.25, -0.2) is 0 Å². The van der Waals surface area contributed by atoms with Crippen LogP contribution in [0.25, 0.3) is 11.0 Å². The highest BCUT2D eigenvalue weighted by molar-refractivity contribution is 5.86. The maximum absolute atomic E-state index is 12.2. The number of amides is 1. The van der Waals surface area contributed by atoms with E-state index in [2.05, 4.69) is 5.16 Å². The fourth-order valence-corrected chi connectivity index (χ4v) is 2.50. The molecule has 3 rings (SSSR count). The van der Waals surface area contributed by atoms with Crippen molar-refractivity contribution < 1.29 is 14.4 Å². The van der Waals surface area contributed by atoms with Gasteiger partial charge in [0.15, 0.2) is 5.58 Å². The van der Waals surface area contributed by atoms with Crippen LogP contribution < -0.4 is 0 Å². The van der Waals surface area contributed by atoms with Gasteiger partial charge >= 0.3 is 0 Å². The molecule has 1 unspecified atom stereocenters. The van der Waals surface area contributed by atoms with Crippen molar-refractivity contribution in [2.75, 3.05) is 13.1 Å². The summed E-state index contributed by atoms with van der Waals surface area (Å²) in [7, 11) is 0. The topological polar surface area (TPSA) is 66.6 Å². The third-order valence-electron chi connectivity index (χ3n) is 3.52. The lowest BCUT2D eigenvalue weighted by atomic mass is 10.1. The van der Waals surface area contributed by atoms with Crippen molar-refractivity contribution in [1.29, 1.82) is 0 Å². The van der Waals surface area contributed by atoms with Crippen LogP contribution in [0.2, 0.25) is 0 Å². The summed E-state index contributed by atoms with van der Waals surface area (Å²) in [5.74, 6) is -0.00203. The molecule has 0 radical (unpaired) electrons. The molecule has 1 aromatic heterocycles. The molecular formula is C14H16N2O3. The minimum atomic E-state index is -0.397. The molecule has 1 atom stereocenters. The molecule has 0 saturated carbocycles. The molecule has 2 aromatic rings. The largest absolute Gasteiger partial charge is 0.391 e. The Morgan fingerprint density at radius 3 is 3.16 bits per heavy atom. The Morgan fingerprint density at radius 1 is 1.47 bits per heavy atom. The van der Waals surface area contributed by atoms with Crippen LogP contribution >= 0.6 is 0 Å². The second kappa shape index (κ2) is 5.01. The smallest absolute Gasteiger partial charge is 0.228 e. The van der Waals surface area contributed by atoms with Crippen molar-refractivity contribution in [2.24, 2.45) is 0 Å². The van der Waals surface area contributed by atoms with E-state index >= 15 is 0 Å².